The highest BCUT2D eigenvalue weighted by atomic mass is 16.5. The molecule has 0 heterocycles. The predicted molar refractivity (Wildman–Crippen MR) is 93.2 cm³/mol. The maximum Gasteiger partial charge on any atom is 0.255 e. The van der Waals surface area contributed by atoms with Crippen LogP contribution in [0.1, 0.15) is 46.0 Å². The number of Topliss-reactive ketones (excluding diaryl/α,β-unsaturated/α-hetero) is 1. The molecule has 0 bridgehead atoms. The molecule has 3 rings (SSSR count). The second-order valence-electron chi connectivity index (χ2n) is 6.25. The maximum absolute atomic E-state index is 12.3. The van der Waals surface area contributed by atoms with Gasteiger partial charge in [-0.1, -0.05) is 24.3 Å². The van der Waals surface area contributed by atoms with Gasteiger partial charge in [0.2, 0.25) is 0 Å². The van der Waals surface area contributed by atoms with E-state index in [4.69, 9.17) is 4.74 Å². The maximum atomic E-state index is 12.3. The van der Waals surface area contributed by atoms with Gasteiger partial charge in [0, 0.05) is 23.4 Å². The van der Waals surface area contributed by atoms with E-state index in [0.29, 0.717) is 17.7 Å². The Hall–Kier alpha value is -2.46. The summed E-state index contributed by atoms with van der Waals surface area (Å²) in [6.45, 7) is 2.89. The molecule has 1 amide bonds. The normalized spacial score (nSPS) is 13.5. The van der Waals surface area contributed by atoms with Crippen molar-refractivity contribution in [3.63, 3.8) is 0 Å². The molecule has 2 aromatic carbocycles. The molecular weight excluding hydrogens is 302 g/mol. The van der Waals surface area contributed by atoms with Crippen LogP contribution in [0.2, 0.25) is 0 Å². The van der Waals surface area contributed by atoms with Crippen molar-refractivity contribution in [2.75, 3.05) is 11.9 Å². The average molecular weight is 323 g/mol. The summed E-state index contributed by atoms with van der Waals surface area (Å²) in [7, 11) is 0. The van der Waals surface area contributed by atoms with Gasteiger partial charge in [-0.05, 0) is 55.5 Å². The van der Waals surface area contributed by atoms with E-state index in [9.17, 15) is 9.59 Å². The fraction of sp³-hybridized carbons (Fsp3) is 0.300. The molecule has 4 heteroatoms. The first-order chi connectivity index (χ1) is 11.6. The van der Waals surface area contributed by atoms with Crippen LogP contribution >= 0.6 is 0 Å². The summed E-state index contributed by atoms with van der Waals surface area (Å²) in [5.41, 5.74) is 2.90. The van der Waals surface area contributed by atoms with Crippen LogP contribution in [0.5, 0.6) is 0 Å². The Morgan fingerprint density at radius 1 is 1.08 bits per heavy atom. The molecule has 0 aliphatic heterocycles. The summed E-state index contributed by atoms with van der Waals surface area (Å²) >= 11 is 0. The zero-order valence-electron chi connectivity index (χ0n) is 13.7. The molecule has 0 radical (unpaired) electrons. The largest absolute Gasteiger partial charge is 0.376 e. The summed E-state index contributed by atoms with van der Waals surface area (Å²) in [5.74, 6) is 0.535. The minimum Gasteiger partial charge on any atom is -0.376 e. The summed E-state index contributed by atoms with van der Waals surface area (Å²) in [6.07, 6.45) is 2.55. The van der Waals surface area contributed by atoms with Crippen molar-refractivity contribution in [1.82, 2.24) is 0 Å². The summed E-state index contributed by atoms with van der Waals surface area (Å²) in [4.78, 5) is 23.6. The Bertz CT molecular complexity index is 733. The predicted octanol–water partition coefficient (Wildman–Crippen LogP) is 4.07. The molecule has 24 heavy (non-hydrogen) atoms. The van der Waals surface area contributed by atoms with E-state index in [1.807, 2.05) is 24.3 Å². The molecule has 1 aliphatic rings. The van der Waals surface area contributed by atoms with E-state index in [1.54, 1.807) is 24.3 Å². The van der Waals surface area contributed by atoms with Crippen LogP contribution in [0.25, 0.3) is 0 Å². The Morgan fingerprint density at radius 3 is 2.46 bits per heavy atom. The zero-order chi connectivity index (χ0) is 16.9. The Labute approximate surface area is 141 Å². The lowest BCUT2D eigenvalue weighted by molar-refractivity contribution is 0.100. The lowest BCUT2D eigenvalue weighted by atomic mass is 10.1. The SMILES string of the molecule is CC(=O)c1ccc(C(=O)Nc2cccc(COCC3CC3)c2)cc1. The molecule has 2 aromatic rings. The quantitative estimate of drug-likeness (QED) is 0.782. The summed E-state index contributed by atoms with van der Waals surface area (Å²) in [5, 5.41) is 2.88. The minimum absolute atomic E-state index is 0.0131. The number of nitrogens with one attached hydrogen (secondary N) is 1. The molecule has 4 nitrogen and oxygen atoms in total. The molecular formula is C20H21NO3. The van der Waals surface area contributed by atoms with Gasteiger partial charge in [-0.2, -0.15) is 0 Å². The number of anilines is 1. The van der Waals surface area contributed by atoms with Gasteiger partial charge in [-0.3, -0.25) is 9.59 Å². The molecule has 1 fully saturated rings. The van der Waals surface area contributed by atoms with Gasteiger partial charge in [-0.25, -0.2) is 0 Å². The third-order valence-electron chi connectivity index (χ3n) is 4.06. The first-order valence-corrected chi connectivity index (χ1v) is 8.21. The Kier molecular flexibility index (Phi) is 5.06. The molecule has 124 valence electrons. The number of carbonyl (C=O) groups excluding carboxylic acids is 2. The van der Waals surface area contributed by atoms with Crippen LogP contribution < -0.4 is 5.32 Å². The van der Waals surface area contributed by atoms with Crippen molar-refractivity contribution in [2.24, 2.45) is 5.92 Å². The number of ketones is 1. The molecule has 0 aromatic heterocycles. The van der Waals surface area contributed by atoms with Crippen molar-refractivity contribution in [1.29, 1.82) is 0 Å². The van der Waals surface area contributed by atoms with Gasteiger partial charge in [0.1, 0.15) is 0 Å². The molecule has 0 atom stereocenters. The number of rotatable bonds is 7. The Morgan fingerprint density at radius 2 is 1.79 bits per heavy atom. The first kappa shape index (κ1) is 16.4. The smallest absolute Gasteiger partial charge is 0.255 e. The van der Waals surface area contributed by atoms with E-state index in [-0.39, 0.29) is 11.7 Å². The molecule has 0 unspecified atom stereocenters. The van der Waals surface area contributed by atoms with Crippen molar-refractivity contribution >= 4 is 17.4 Å². The van der Waals surface area contributed by atoms with E-state index < -0.39 is 0 Å². The van der Waals surface area contributed by atoms with Crippen molar-refractivity contribution < 1.29 is 14.3 Å². The van der Waals surface area contributed by atoms with Crippen LogP contribution in [0.3, 0.4) is 0 Å². The monoisotopic (exact) mass is 323 g/mol. The van der Waals surface area contributed by atoms with Gasteiger partial charge in [0.25, 0.3) is 5.91 Å². The third kappa shape index (κ3) is 4.52. The van der Waals surface area contributed by atoms with Gasteiger partial charge in [0.05, 0.1) is 6.61 Å². The number of carbonyl (C=O) groups is 2. The number of hydrogen-bond acceptors (Lipinski definition) is 3. The second kappa shape index (κ2) is 7.41. The molecule has 1 N–H and O–H groups in total. The standard InChI is InChI=1S/C20H21NO3/c1-14(22)17-7-9-18(10-8-17)20(23)21-19-4-2-3-16(11-19)13-24-12-15-5-6-15/h2-4,7-11,15H,5-6,12-13H2,1H3,(H,21,23). The highest BCUT2D eigenvalue weighted by Crippen LogP contribution is 2.29. The van der Waals surface area contributed by atoms with Gasteiger partial charge >= 0.3 is 0 Å². The van der Waals surface area contributed by atoms with Gasteiger partial charge < -0.3 is 10.1 Å². The van der Waals surface area contributed by atoms with Gasteiger partial charge in [0.15, 0.2) is 5.78 Å². The van der Waals surface area contributed by atoms with Crippen LogP contribution in [0, 0.1) is 5.92 Å². The van der Waals surface area contributed by atoms with Crippen molar-refractivity contribution in [2.45, 2.75) is 26.4 Å². The van der Waals surface area contributed by atoms with E-state index in [2.05, 4.69) is 5.32 Å². The lowest BCUT2D eigenvalue weighted by Gasteiger charge is -2.08. The van der Waals surface area contributed by atoms with Gasteiger partial charge in [-0.15, -0.1) is 0 Å². The topological polar surface area (TPSA) is 55.4 Å². The van der Waals surface area contributed by atoms with Crippen LogP contribution in [0.15, 0.2) is 48.5 Å². The molecule has 0 saturated heterocycles. The fourth-order valence-electron chi connectivity index (χ4n) is 2.43. The Balaban J connectivity index is 1.59. The summed E-state index contributed by atoms with van der Waals surface area (Å²) < 4.78 is 5.68. The molecule has 0 spiro atoms. The fourth-order valence-corrected chi connectivity index (χ4v) is 2.43. The van der Waals surface area contributed by atoms with Crippen molar-refractivity contribution in [3.05, 3.63) is 65.2 Å². The number of benzene rings is 2. The molecule has 1 saturated carbocycles. The van der Waals surface area contributed by atoms with E-state index in [1.165, 1.54) is 19.8 Å². The highest BCUT2D eigenvalue weighted by molar-refractivity contribution is 6.05. The van der Waals surface area contributed by atoms with E-state index >= 15 is 0 Å². The average Bonchev–Trinajstić information content (AvgIpc) is 3.39. The summed E-state index contributed by atoms with van der Waals surface area (Å²) in [6, 6.07) is 14.3. The first-order valence-electron chi connectivity index (χ1n) is 8.21. The number of amides is 1. The van der Waals surface area contributed by atoms with Crippen LogP contribution in [0.4, 0.5) is 5.69 Å². The molecule has 1 aliphatic carbocycles. The number of hydrogen-bond donors (Lipinski definition) is 1. The number of ether oxygens (including phenoxy) is 1. The highest BCUT2D eigenvalue weighted by Gasteiger charge is 2.21. The van der Waals surface area contributed by atoms with Crippen LogP contribution in [-0.2, 0) is 11.3 Å². The lowest BCUT2D eigenvalue weighted by Crippen LogP contribution is -2.12. The minimum atomic E-state index is -0.193. The zero-order valence-corrected chi connectivity index (χ0v) is 13.7. The van der Waals surface area contributed by atoms with E-state index in [0.717, 1.165) is 23.8 Å². The van der Waals surface area contributed by atoms with Crippen molar-refractivity contribution in [3.8, 4) is 0 Å². The third-order valence-corrected chi connectivity index (χ3v) is 4.06. The second-order valence-corrected chi connectivity index (χ2v) is 6.25. The van der Waals surface area contributed by atoms with Crippen LogP contribution in [-0.4, -0.2) is 18.3 Å².